The van der Waals surface area contributed by atoms with Crippen LogP contribution in [0.2, 0.25) is 0 Å². The first kappa shape index (κ1) is 21.3. The van der Waals surface area contributed by atoms with Gasteiger partial charge in [0.15, 0.2) is 0 Å². The van der Waals surface area contributed by atoms with E-state index in [1.165, 1.54) is 19.2 Å². The second-order valence-electron chi connectivity index (χ2n) is 6.13. The fourth-order valence-corrected chi connectivity index (χ4v) is 3.66. The molecule has 0 aliphatic carbocycles. The summed E-state index contributed by atoms with van der Waals surface area (Å²) in [6, 6.07) is 4.11. The van der Waals surface area contributed by atoms with E-state index in [9.17, 15) is 18.5 Å². The lowest BCUT2D eigenvalue weighted by Gasteiger charge is -2.31. The maximum atomic E-state index is 11.8. The summed E-state index contributed by atoms with van der Waals surface area (Å²) < 4.78 is 25.9. The van der Waals surface area contributed by atoms with Gasteiger partial charge in [0, 0.05) is 18.7 Å². The third-order valence-corrected chi connectivity index (χ3v) is 5.91. The van der Waals surface area contributed by atoms with Gasteiger partial charge >= 0.3 is 0 Å². The normalized spacial score (nSPS) is 13.2. The molecule has 0 fully saturated rings. The van der Waals surface area contributed by atoms with E-state index in [1.807, 2.05) is 14.1 Å². The number of hydrogen-bond donors (Lipinski definition) is 2. The maximum absolute atomic E-state index is 11.8. The van der Waals surface area contributed by atoms with Gasteiger partial charge in [0.2, 0.25) is 10.0 Å². The minimum atomic E-state index is -3.73. The molecule has 1 aromatic rings. The molecule has 0 saturated heterocycles. The summed E-state index contributed by atoms with van der Waals surface area (Å²) in [7, 11) is 1.52. The quantitative estimate of drug-likeness (QED) is 0.482. The van der Waals surface area contributed by atoms with Gasteiger partial charge in [-0.2, -0.15) is 0 Å². The highest BCUT2D eigenvalue weighted by molar-refractivity contribution is 7.89. The minimum Gasteiger partial charge on any atom is -0.378 e. The van der Waals surface area contributed by atoms with Crippen LogP contribution in [0, 0.1) is 16.0 Å². The number of nitro benzene ring substituents is 1. The lowest BCUT2D eigenvalue weighted by Crippen LogP contribution is -2.40. The zero-order valence-electron chi connectivity index (χ0n) is 15.4. The predicted molar refractivity (Wildman–Crippen MR) is 99.4 cm³/mol. The Hall–Kier alpha value is -1.71. The second kappa shape index (κ2) is 9.12. The fourth-order valence-electron chi connectivity index (χ4n) is 2.92. The molecule has 0 unspecified atom stereocenters. The lowest BCUT2D eigenvalue weighted by atomic mass is 9.93. The summed E-state index contributed by atoms with van der Waals surface area (Å²) in [5.41, 5.74) is 0.0660. The average molecular weight is 372 g/mol. The summed E-state index contributed by atoms with van der Waals surface area (Å²) >= 11 is 0. The largest absolute Gasteiger partial charge is 0.378 e. The highest BCUT2D eigenvalue weighted by Crippen LogP contribution is 2.28. The van der Waals surface area contributed by atoms with Crippen molar-refractivity contribution in [3.63, 3.8) is 0 Å². The van der Waals surface area contributed by atoms with E-state index in [0.29, 0.717) is 18.2 Å². The van der Waals surface area contributed by atoms with Gasteiger partial charge in [-0.15, -0.1) is 0 Å². The van der Waals surface area contributed by atoms with E-state index in [-0.39, 0.29) is 16.6 Å². The van der Waals surface area contributed by atoms with Crippen LogP contribution in [0.1, 0.15) is 26.7 Å². The Labute approximate surface area is 149 Å². The molecule has 25 heavy (non-hydrogen) atoms. The molecule has 0 saturated carbocycles. The van der Waals surface area contributed by atoms with Crippen molar-refractivity contribution in [3.8, 4) is 0 Å². The van der Waals surface area contributed by atoms with E-state index in [4.69, 9.17) is 0 Å². The molecule has 0 heterocycles. The van der Waals surface area contributed by atoms with E-state index < -0.39 is 14.9 Å². The Morgan fingerprint density at radius 1 is 1.24 bits per heavy atom. The van der Waals surface area contributed by atoms with Crippen molar-refractivity contribution in [2.75, 3.05) is 33.0 Å². The molecule has 0 aliphatic heterocycles. The van der Waals surface area contributed by atoms with E-state index in [0.717, 1.165) is 18.9 Å². The highest BCUT2D eigenvalue weighted by Gasteiger charge is 2.24. The molecule has 1 atom stereocenters. The monoisotopic (exact) mass is 372 g/mol. The molecule has 0 radical (unpaired) electrons. The molecule has 1 rings (SSSR count). The highest BCUT2D eigenvalue weighted by atomic mass is 32.2. The number of hydrogen-bond acceptors (Lipinski definition) is 6. The summed E-state index contributed by atoms with van der Waals surface area (Å²) in [4.78, 5) is 12.8. The SMILES string of the molecule is CCC(CC)[C@H](CNc1ccc(S(=O)(=O)NC)cc1[N+](=O)[O-])N(C)C. The summed E-state index contributed by atoms with van der Waals surface area (Å²) in [6.07, 6.45) is 2.03. The number of nitrogens with zero attached hydrogens (tertiary/aromatic N) is 2. The Morgan fingerprint density at radius 3 is 2.28 bits per heavy atom. The molecule has 0 aromatic heterocycles. The number of anilines is 1. The van der Waals surface area contributed by atoms with E-state index in [2.05, 4.69) is 28.8 Å². The van der Waals surface area contributed by atoms with E-state index in [1.54, 1.807) is 0 Å². The van der Waals surface area contributed by atoms with Gasteiger partial charge in [0.1, 0.15) is 5.69 Å². The van der Waals surface area contributed by atoms with Crippen LogP contribution in [-0.2, 0) is 10.0 Å². The van der Waals surface area contributed by atoms with Crippen molar-refractivity contribution in [3.05, 3.63) is 28.3 Å². The molecule has 2 N–H and O–H groups in total. The van der Waals surface area contributed by atoms with Crippen molar-refractivity contribution in [1.29, 1.82) is 0 Å². The van der Waals surface area contributed by atoms with Gasteiger partial charge in [0.05, 0.1) is 9.82 Å². The zero-order chi connectivity index (χ0) is 19.2. The topological polar surface area (TPSA) is 105 Å². The zero-order valence-corrected chi connectivity index (χ0v) is 16.3. The maximum Gasteiger partial charge on any atom is 0.293 e. The molecule has 0 amide bonds. The Balaban J connectivity index is 3.11. The van der Waals surface area contributed by atoms with Crippen LogP contribution in [0.5, 0.6) is 0 Å². The van der Waals surface area contributed by atoms with Crippen LogP contribution in [0.15, 0.2) is 23.1 Å². The Morgan fingerprint density at radius 2 is 1.84 bits per heavy atom. The molecule has 0 spiro atoms. The number of likely N-dealkylation sites (N-methyl/N-ethyl adjacent to an activating group) is 1. The molecular formula is C16H28N4O4S. The molecule has 8 nitrogen and oxygen atoms in total. The van der Waals surface area contributed by atoms with Gasteiger partial charge in [-0.25, -0.2) is 13.1 Å². The summed E-state index contributed by atoms with van der Waals surface area (Å²) in [5.74, 6) is 0.463. The van der Waals surface area contributed by atoms with Crippen molar-refractivity contribution >= 4 is 21.4 Å². The number of benzene rings is 1. The van der Waals surface area contributed by atoms with Crippen molar-refractivity contribution in [2.24, 2.45) is 5.92 Å². The second-order valence-corrected chi connectivity index (χ2v) is 8.02. The van der Waals surface area contributed by atoms with Crippen molar-refractivity contribution in [2.45, 2.75) is 37.6 Å². The van der Waals surface area contributed by atoms with Crippen LogP contribution >= 0.6 is 0 Å². The molecule has 0 bridgehead atoms. The van der Waals surface area contributed by atoms with Gasteiger partial charge in [0.25, 0.3) is 5.69 Å². The molecule has 0 aliphatic rings. The third-order valence-electron chi connectivity index (χ3n) is 4.50. The molecule has 1 aromatic carbocycles. The van der Waals surface area contributed by atoms with Crippen LogP contribution in [0.25, 0.3) is 0 Å². The minimum absolute atomic E-state index is 0.128. The lowest BCUT2D eigenvalue weighted by molar-refractivity contribution is -0.384. The first-order chi connectivity index (χ1) is 11.7. The van der Waals surface area contributed by atoms with Crippen LogP contribution in [-0.4, -0.2) is 52.0 Å². The number of sulfonamides is 1. The molecule has 9 heteroatoms. The standard InChI is InChI=1S/C16H28N4O4S/c1-6-12(7-2)16(19(4)5)11-18-14-9-8-13(25(23,24)17-3)10-15(14)20(21)22/h8-10,12,16-18H,6-7,11H2,1-5H3/t16-/m0/s1. The van der Waals surface area contributed by atoms with Crippen LogP contribution in [0.4, 0.5) is 11.4 Å². The van der Waals surface area contributed by atoms with Gasteiger partial charge in [-0.05, 0) is 39.2 Å². The summed E-state index contributed by atoms with van der Waals surface area (Å²) in [6.45, 7) is 4.80. The molecular weight excluding hydrogens is 344 g/mol. The van der Waals surface area contributed by atoms with Gasteiger partial charge in [-0.1, -0.05) is 26.7 Å². The van der Waals surface area contributed by atoms with Gasteiger partial charge < -0.3 is 10.2 Å². The smallest absolute Gasteiger partial charge is 0.293 e. The predicted octanol–water partition coefficient (Wildman–Crippen LogP) is 2.28. The first-order valence-corrected chi connectivity index (χ1v) is 9.78. The van der Waals surface area contributed by atoms with Crippen molar-refractivity contribution in [1.82, 2.24) is 9.62 Å². The summed E-state index contributed by atoms with van der Waals surface area (Å²) in [5, 5.41) is 14.5. The van der Waals surface area contributed by atoms with Crippen LogP contribution in [0.3, 0.4) is 0 Å². The van der Waals surface area contributed by atoms with E-state index >= 15 is 0 Å². The first-order valence-electron chi connectivity index (χ1n) is 8.30. The number of nitrogens with one attached hydrogen (secondary N) is 2. The average Bonchev–Trinajstić information content (AvgIpc) is 2.57. The molecule has 142 valence electrons. The van der Waals surface area contributed by atoms with Crippen LogP contribution < -0.4 is 10.0 Å². The Kier molecular flexibility index (Phi) is 7.78. The Bertz CT molecular complexity index is 687. The van der Waals surface area contributed by atoms with Gasteiger partial charge in [-0.3, -0.25) is 10.1 Å². The fraction of sp³-hybridized carbons (Fsp3) is 0.625. The number of rotatable bonds is 10. The number of nitro groups is 1. The third kappa shape index (κ3) is 5.38. The van der Waals surface area contributed by atoms with Crippen molar-refractivity contribution < 1.29 is 13.3 Å².